The van der Waals surface area contributed by atoms with Crippen molar-refractivity contribution in [2.75, 3.05) is 13.7 Å². The summed E-state index contributed by atoms with van der Waals surface area (Å²) in [5.41, 5.74) is -0.904. The van der Waals surface area contributed by atoms with Crippen molar-refractivity contribution in [1.82, 2.24) is 19.8 Å². The lowest BCUT2D eigenvalue weighted by Gasteiger charge is -2.44. The summed E-state index contributed by atoms with van der Waals surface area (Å²) in [7, 11) is 1.26. The van der Waals surface area contributed by atoms with Crippen LogP contribution in [0.15, 0.2) is 23.8 Å². The maximum atomic E-state index is 13.5. The second kappa shape index (κ2) is 8.22. The van der Waals surface area contributed by atoms with Crippen LogP contribution in [-0.4, -0.2) is 57.5 Å². The van der Waals surface area contributed by atoms with E-state index in [-0.39, 0.29) is 35.8 Å². The Balaban J connectivity index is 1.67. The zero-order valence-corrected chi connectivity index (χ0v) is 18.0. The SMILES string of the molecule is COC(=O)c1ncn2c1C(=O)N(CCc1cccs1)[C@](C)(C(=O)NC1CCCC1)C2. The molecule has 2 aromatic rings. The number of aromatic nitrogens is 2. The standard InChI is InChI=1S/C21H26N4O4S/c1-21(20(28)23-14-6-3-4-7-14)12-24-13-22-16(19(27)29-2)17(24)18(26)25(21)10-9-15-8-5-11-30-15/h5,8,11,13-14H,3-4,6-7,9-10,12H2,1-2H3,(H,23,28)/t21-/m0/s1. The lowest BCUT2D eigenvalue weighted by molar-refractivity contribution is -0.133. The van der Waals surface area contributed by atoms with Gasteiger partial charge in [-0.25, -0.2) is 9.78 Å². The number of rotatable bonds is 6. The third-order valence-electron chi connectivity index (χ3n) is 6.08. The Morgan fingerprint density at radius 3 is 2.80 bits per heavy atom. The highest BCUT2D eigenvalue weighted by Gasteiger charge is 2.49. The summed E-state index contributed by atoms with van der Waals surface area (Å²) in [5.74, 6) is -1.19. The largest absolute Gasteiger partial charge is 0.464 e. The van der Waals surface area contributed by atoms with E-state index in [9.17, 15) is 14.4 Å². The van der Waals surface area contributed by atoms with Crippen LogP contribution in [0.2, 0.25) is 0 Å². The van der Waals surface area contributed by atoms with Crippen LogP contribution in [0, 0.1) is 0 Å². The monoisotopic (exact) mass is 430 g/mol. The van der Waals surface area contributed by atoms with Gasteiger partial charge in [-0.1, -0.05) is 18.9 Å². The topological polar surface area (TPSA) is 93.5 Å². The van der Waals surface area contributed by atoms with Gasteiger partial charge in [-0.15, -0.1) is 11.3 Å². The number of esters is 1. The van der Waals surface area contributed by atoms with Gasteiger partial charge in [-0.3, -0.25) is 9.59 Å². The van der Waals surface area contributed by atoms with Gasteiger partial charge in [0.25, 0.3) is 5.91 Å². The molecule has 4 rings (SSSR count). The highest BCUT2D eigenvalue weighted by molar-refractivity contribution is 7.09. The van der Waals surface area contributed by atoms with Crippen molar-refractivity contribution in [3.05, 3.63) is 40.1 Å². The maximum absolute atomic E-state index is 13.5. The average Bonchev–Trinajstić information content (AvgIpc) is 3.49. The van der Waals surface area contributed by atoms with E-state index in [1.165, 1.54) is 13.4 Å². The van der Waals surface area contributed by atoms with Crippen molar-refractivity contribution < 1.29 is 19.1 Å². The van der Waals surface area contributed by atoms with E-state index in [0.717, 1.165) is 30.6 Å². The summed E-state index contributed by atoms with van der Waals surface area (Å²) < 4.78 is 6.39. The van der Waals surface area contributed by atoms with Gasteiger partial charge in [0.1, 0.15) is 11.2 Å². The predicted molar refractivity (Wildman–Crippen MR) is 111 cm³/mol. The maximum Gasteiger partial charge on any atom is 0.359 e. The number of hydrogen-bond acceptors (Lipinski definition) is 6. The number of carbonyl (C=O) groups is 3. The zero-order chi connectivity index (χ0) is 21.3. The van der Waals surface area contributed by atoms with Crippen LogP contribution in [-0.2, 0) is 22.5 Å². The Kier molecular flexibility index (Phi) is 5.64. The molecule has 1 fully saturated rings. The number of thiophene rings is 1. The van der Waals surface area contributed by atoms with Gasteiger partial charge >= 0.3 is 5.97 Å². The van der Waals surface area contributed by atoms with Crippen LogP contribution in [0.4, 0.5) is 0 Å². The molecule has 3 heterocycles. The summed E-state index contributed by atoms with van der Waals surface area (Å²) in [4.78, 5) is 45.8. The zero-order valence-electron chi connectivity index (χ0n) is 17.2. The first-order valence-corrected chi connectivity index (χ1v) is 11.1. The molecule has 1 N–H and O–H groups in total. The number of carbonyl (C=O) groups excluding carboxylic acids is 3. The highest BCUT2D eigenvalue weighted by Crippen LogP contribution is 2.30. The molecule has 1 aliphatic carbocycles. The molecule has 9 heteroatoms. The van der Waals surface area contributed by atoms with Crippen LogP contribution in [0.3, 0.4) is 0 Å². The second-order valence-electron chi connectivity index (χ2n) is 8.08. The normalized spacial score (nSPS) is 21.5. The fourth-order valence-corrected chi connectivity index (χ4v) is 5.07. The molecule has 160 valence electrons. The van der Waals surface area contributed by atoms with E-state index in [1.54, 1.807) is 27.7 Å². The van der Waals surface area contributed by atoms with Gasteiger partial charge in [-0.05, 0) is 37.6 Å². The minimum Gasteiger partial charge on any atom is -0.464 e. The van der Waals surface area contributed by atoms with Crippen molar-refractivity contribution in [3.8, 4) is 0 Å². The van der Waals surface area contributed by atoms with Gasteiger partial charge in [0.2, 0.25) is 5.91 Å². The van der Waals surface area contributed by atoms with Gasteiger partial charge in [0, 0.05) is 17.5 Å². The number of imidazole rings is 1. The quantitative estimate of drug-likeness (QED) is 0.710. The van der Waals surface area contributed by atoms with E-state index in [1.807, 2.05) is 17.5 Å². The summed E-state index contributed by atoms with van der Waals surface area (Å²) in [5, 5.41) is 5.14. The number of methoxy groups -OCH3 is 1. The fourth-order valence-electron chi connectivity index (χ4n) is 4.37. The van der Waals surface area contributed by atoms with Crippen molar-refractivity contribution in [1.29, 1.82) is 0 Å². The highest BCUT2D eigenvalue weighted by atomic mass is 32.1. The van der Waals surface area contributed by atoms with Crippen LogP contribution in [0.1, 0.15) is 58.5 Å². The first-order chi connectivity index (χ1) is 14.4. The molecule has 0 unspecified atom stereocenters. The Bertz CT molecular complexity index is 948. The number of amides is 2. The molecule has 0 bridgehead atoms. The van der Waals surface area contributed by atoms with E-state index in [2.05, 4.69) is 10.3 Å². The van der Waals surface area contributed by atoms with Gasteiger partial charge < -0.3 is 19.5 Å². The molecule has 0 aromatic carbocycles. The second-order valence-corrected chi connectivity index (χ2v) is 9.11. The van der Waals surface area contributed by atoms with Crippen molar-refractivity contribution in [3.63, 3.8) is 0 Å². The third kappa shape index (κ3) is 3.62. The molecule has 1 aliphatic heterocycles. The lowest BCUT2D eigenvalue weighted by Crippen LogP contribution is -2.65. The average molecular weight is 431 g/mol. The minimum absolute atomic E-state index is 0.0122. The van der Waals surface area contributed by atoms with E-state index in [0.29, 0.717) is 13.0 Å². The van der Waals surface area contributed by atoms with Crippen LogP contribution >= 0.6 is 11.3 Å². The molecule has 1 saturated carbocycles. The van der Waals surface area contributed by atoms with Crippen molar-refractivity contribution in [2.24, 2.45) is 0 Å². The molecular formula is C21H26N4O4S. The number of hydrogen-bond donors (Lipinski definition) is 1. The van der Waals surface area contributed by atoms with E-state index in [4.69, 9.17) is 4.74 Å². The number of nitrogens with one attached hydrogen (secondary N) is 1. The molecule has 0 spiro atoms. The predicted octanol–water partition coefficient (Wildman–Crippen LogP) is 2.25. The first-order valence-electron chi connectivity index (χ1n) is 10.2. The number of ether oxygens (including phenoxy) is 1. The van der Waals surface area contributed by atoms with Crippen LogP contribution in [0.25, 0.3) is 0 Å². The van der Waals surface area contributed by atoms with Crippen molar-refractivity contribution >= 4 is 29.1 Å². The molecule has 1 atom stereocenters. The smallest absolute Gasteiger partial charge is 0.359 e. The van der Waals surface area contributed by atoms with Crippen LogP contribution < -0.4 is 5.32 Å². The Labute approximate surface area is 179 Å². The van der Waals surface area contributed by atoms with E-state index < -0.39 is 11.5 Å². The molecule has 8 nitrogen and oxygen atoms in total. The third-order valence-corrected chi connectivity index (χ3v) is 7.02. The molecule has 2 aliphatic rings. The fraction of sp³-hybridized carbons (Fsp3) is 0.524. The number of nitrogens with zero attached hydrogens (tertiary/aromatic N) is 3. The summed E-state index contributed by atoms with van der Waals surface area (Å²) in [6, 6.07) is 4.13. The molecule has 0 radical (unpaired) electrons. The molecular weight excluding hydrogens is 404 g/mol. The Morgan fingerprint density at radius 2 is 2.13 bits per heavy atom. The van der Waals surface area contributed by atoms with E-state index >= 15 is 0 Å². The van der Waals surface area contributed by atoms with Gasteiger partial charge in [0.15, 0.2) is 5.69 Å². The minimum atomic E-state index is -1.07. The summed E-state index contributed by atoms with van der Waals surface area (Å²) >= 11 is 1.62. The molecule has 0 saturated heterocycles. The first kappa shape index (κ1) is 20.6. The van der Waals surface area contributed by atoms with Crippen LogP contribution in [0.5, 0.6) is 0 Å². The Hall–Kier alpha value is -2.68. The van der Waals surface area contributed by atoms with Crippen molar-refractivity contribution in [2.45, 2.75) is 57.2 Å². The molecule has 2 aromatic heterocycles. The van der Waals surface area contributed by atoms with Gasteiger partial charge in [0.05, 0.1) is 20.0 Å². The van der Waals surface area contributed by atoms with Gasteiger partial charge in [-0.2, -0.15) is 0 Å². The summed E-state index contributed by atoms with van der Waals surface area (Å²) in [6.45, 7) is 2.41. The number of fused-ring (bicyclic) bond motifs is 1. The lowest BCUT2D eigenvalue weighted by atomic mass is 9.93. The molecule has 2 amide bonds. The Morgan fingerprint density at radius 1 is 1.37 bits per heavy atom. The summed E-state index contributed by atoms with van der Waals surface area (Å²) in [6.07, 6.45) is 6.23. The molecule has 30 heavy (non-hydrogen) atoms.